The molecule has 0 saturated carbocycles. The zero-order chi connectivity index (χ0) is 13.7. The zero-order valence-electron chi connectivity index (χ0n) is 9.88. The monoisotopic (exact) mass is 276 g/mol. The number of fused-ring (bicyclic) bond motifs is 3. The van der Waals surface area contributed by atoms with Gasteiger partial charge >= 0.3 is 5.97 Å². The predicted molar refractivity (Wildman–Crippen MR) is 72.4 cm³/mol. The number of carbonyl (C=O) groups is 1. The minimum absolute atomic E-state index is 0.0332. The molecule has 0 atom stereocenters. The molecule has 1 aromatic carbocycles. The first-order valence-corrected chi connectivity index (χ1v) is 5.80. The van der Waals surface area contributed by atoms with E-state index >= 15 is 0 Å². The number of rotatable bonds is 1. The van der Waals surface area contributed by atoms with Crippen molar-refractivity contribution < 1.29 is 9.90 Å². The second-order valence-corrected chi connectivity index (χ2v) is 4.59. The Morgan fingerprint density at radius 2 is 2.16 bits per heavy atom. The average Bonchev–Trinajstić information content (AvgIpc) is 2.71. The van der Waals surface area contributed by atoms with Crippen LogP contribution in [0.2, 0.25) is 5.02 Å². The average molecular weight is 277 g/mol. The molecule has 3 rings (SSSR count). The number of halogens is 1. The Labute approximate surface area is 112 Å². The van der Waals surface area contributed by atoms with Crippen LogP contribution < -0.4 is 5.73 Å². The lowest BCUT2D eigenvalue weighted by Crippen LogP contribution is -2.00. The number of aryl methyl sites for hydroxylation is 1. The van der Waals surface area contributed by atoms with E-state index in [0.29, 0.717) is 22.2 Å². The molecule has 7 heteroatoms. The molecule has 6 nitrogen and oxygen atoms in total. The molecule has 2 aromatic heterocycles. The van der Waals surface area contributed by atoms with Gasteiger partial charge in [-0.3, -0.25) is 4.68 Å². The summed E-state index contributed by atoms with van der Waals surface area (Å²) in [7, 11) is 1.75. The summed E-state index contributed by atoms with van der Waals surface area (Å²) in [6.07, 6.45) is 1.63. The van der Waals surface area contributed by atoms with Crippen LogP contribution in [0.5, 0.6) is 0 Å². The summed E-state index contributed by atoms with van der Waals surface area (Å²) in [5, 5.41) is 14.8. The quantitative estimate of drug-likeness (QED) is 0.709. The summed E-state index contributed by atoms with van der Waals surface area (Å²) < 4.78 is 1.60. The lowest BCUT2D eigenvalue weighted by Gasteiger charge is -2.06. The summed E-state index contributed by atoms with van der Waals surface area (Å²) in [5.74, 6) is -0.748. The van der Waals surface area contributed by atoms with Crippen molar-refractivity contribution in [2.24, 2.45) is 7.05 Å². The molecule has 0 unspecified atom stereocenters. The number of nitrogens with zero attached hydrogens (tertiary/aromatic N) is 3. The first-order chi connectivity index (χ1) is 8.99. The Balaban J connectivity index is 2.53. The molecule has 0 aliphatic rings. The normalized spacial score (nSPS) is 11.3. The highest BCUT2D eigenvalue weighted by Gasteiger charge is 2.15. The van der Waals surface area contributed by atoms with Gasteiger partial charge in [-0.15, -0.1) is 0 Å². The Morgan fingerprint density at radius 3 is 2.84 bits per heavy atom. The van der Waals surface area contributed by atoms with Crippen LogP contribution in [0, 0.1) is 0 Å². The van der Waals surface area contributed by atoms with Gasteiger partial charge in [0.05, 0.1) is 22.3 Å². The summed E-state index contributed by atoms with van der Waals surface area (Å²) >= 11 is 5.92. The molecule has 0 radical (unpaired) electrons. The molecule has 2 heterocycles. The highest BCUT2D eigenvalue weighted by Crippen LogP contribution is 2.31. The molecular weight excluding hydrogens is 268 g/mol. The molecular formula is C12H9ClN4O2. The first kappa shape index (κ1) is 11.7. The van der Waals surface area contributed by atoms with Crippen LogP contribution >= 0.6 is 11.6 Å². The molecule has 0 spiro atoms. The fourth-order valence-electron chi connectivity index (χ4n) is 2.16. The maximum atomic E-state index is 11.1. The smallest absolute Gasteiger partial charge is 0.337 e. The van der Waals surface area contributed by atoms with Crippen molar-refractivity contribution in [1.82, 2.24) is 14.8 Å². The fraction of sp³-hybridized carbons (Fsp3) is 0.0833. The van der Waals surface area contributed by atoms with Gasteiger partial charge in [0, 0.05) is 17.8 Å². The number of nitrogen functional groups attached to an aromatic ring is 1. The Morgan fingerprint density at radius 1 is 1.42 bits per heavy atom. The van der Waals surface area contributed by atoms with Crippen molar-refractivity contribution >= 4 is 45.2 Å². The van der Waals surface area contributed by atoms with E-state index in [4.69, 9.17) is 22.4 Å². The van der Waals surface area contributed by atoms with Crippen molar-refractivity contribution in [1.29, 1.82) is 0 Å². The Bertz CT molecular complexity index is 841. The standard InChI is InChI=1S/C12H9ClN4O2/c1-17-10-7(4-15-17)5-2-6(12(18)19)8(13)3-9(5)16-11(10)14/h2-4H,1H3,(H2,14,16)(H,18,19). The number of aromatic carboxylic acids is 1. The largest absolute Gasteiger partial charge is 0.478 e. The van der Waals surface area contributed by atoms with Crippen molar-refractivity contribution in [3.63, 3.8) is 0 Å². The Hall–Kier alpha value is -2.34. The third kappa shape index (κ3) is 1.61. The van der Waals surface area contributed by atoms with E-state index in [1.807, 2.05) is 0 Å². The minimum Gasteiger partial charge on any atom is -0.478 e. The van der Waals surface area contributed by atoms with Gasteiger partial charge in [0.2, 0.25) is 0 Å². The molecule has 19 heavy (non-hydrogen) atoms. The number of carboxylic acids is 1. The predicted octanol–water partition coefficient (Wildman–Crippen LogP) is 2.06. The van der Waals surface area contributed by atoms with Crippen LogP contribution in [-0.4, -0.2) is 25.8 Å². The van der Waals surface area contributed by atoms with Gasteiger partial charge in [0.15, 0.2) is 0 Å². The van der Waals surface area contributed by atoms with E-state index < -0.39 is 5.97 Å². The maximum Gasteiger partial charge on any atom is 0.337 e. The summed E-state index contributed by atoms with van der Waals surface area (Å²) in [4.78, 5) is 15.4. The number of anilines is 1. The number of hydrogen-bond donors (Lipinski definition) is 2. The highest BCUT2D eigenvalue weighted by molar-refractivity contribution is 6.34. The second-order valence-electron chi connectivity index (χ2n) is 4.18. The molecule has 0 aliphatic carbocycles. The molecule has 0 amide bonds. The van der Waals surface area contributed by atoms with E-state index in [1.165, 1.54) is 12.1 Å². The van der Waals surface area contributed by atoms with Crippen molar-refractivity contribution in [3.05, 3.63) is 28.9 Å². The van der Waals surface area contributed by atoms with E-state index in [0.717, 1.165) is 5.39 Å². The van der Waals surface area contributed by atoms with Crippen LogP contribution in [0.4, 0.5) is 5.82 Å². The SMILES string of the molecule is Cn1ncc2c3cc(C(=O)O)c(Cl)cc3nc(N)c21. The number of pyridine rings is 1. The van der Waals surface area contributed by atoms with Crippen molar-refractivity contribution in [2.75, 3.05) is 5.73 Å². The van der Waals surface area contributed by atoms with E-state index in [2.05, 4.69) is 10.1 Å². The maximum absolute atomic E-state index is 11.1. The van der Waals surface area contributed by atoms with E-state index in [-0.39, 0.29) is 10.6 Å². The molecule has 3 N–H and O–H groups in total. The topological polar surface area (TPSA) is 94.0 Å². The lowest BCUT2D eigenvalue weighted by molar-refractivity contribution is 0.0697. The molecule has 3 aromatic rings. The highest BCUT2D eigenvalue weighted by atomic mass is 35.5. The molecule has 0 saturated heterocycles. The second kappa shape index (κ2) is 3.83. The third-order valence-electron chi connectivity index (χ3n) is 3.03. The van der Waals surface area contributed by atoms with Gasteiger partial charge in [-0.25, -0.2) is 9.78 Å². The van der Waals surface area contributed by atoms with Gasteiger partial charge in [-0.05, 0) is 12.1 Å². The number of aromatic nitrogens is 3. The zero-order valence-corrected chi connectivity index (χ0v) is 10.6. The molecule has 96 valence electrons. The van der Waals surface area contributed by atoms with Crippen molar-refractivity contribution in [3.8, 4) is 0 Å². The molecule has 0 aliphatic heterocycles. The van der Waals surface area contributed by atoms with Crippen LogP contribution in [0.1, 0.15) is 10.4 Å². The van der Waals surface area contributed by atoms with Crippen LogP contribution in [0.15, 0.2) is 18.3 Å². The number of carboxylic acid groups (broad SMARTS) is 1. The molecule has 0 bridgehead atoms. The van der Waals surface area contributed by atoms with Gasteiger partial charge < -0.3 is 10.8 Å². The number of hydrogen-bond acceptors (Lipinski definition) is 4. The van der Waals surface area contributed by atoms with Gasteiger partial charge in [-0.2, -0.15) is 5.10 Å². The van der Waals surface area contributed by atoms with E-state index in [1.54, 1.807) is 17.9 Å². The first-order valence-electron chi connectivity index (χ1n) is 5.42. The van der Waals surface area contributed by atoms with E-state index in [9.17, 15) is 4.79 Å². The summed E-state index contributed by atoms with van der Waals surface area (Å²) in [5.41, 5.74) is 7.14. The lowest BCUT2D eigenvalue weighted by atomic mass is 10.1. The van der Waals surface area contributed by atoms with Gasteiger partial charge in [0.1, 0.15) is 11.3 Å². The fourth-order valence-corrected chi connectivity index (χ4v) is 2.39. The van der Waals surface area contributed by atoms with Gasteiger partial charge in [-0.1, -0.05) is 11.6 Å². The van der Waals surface area contributed by atoms with Gasteiger partial charge in [0.25, 0.3) is 0 Å². The van der Waals surface area contributed by atoms with Crippen molar-refractivity contribution in [2.45, 2.75) is 0 Å². The number of benzene rings is 1. The number of nitrogens with two attached hydrogens (primary N) is 1. The third-order valence-corrected chi connectivity index (χ3v) is 3.34. The Kier molecular flexibility index (Phi) is 2.36. The van der Waals surface area contributed by atoms with Crippen LogP contribution in [-0.2, 0) is 7.05 Å². The van der Waals surface area contributed by atoms with Crippen LogP contribution in [0.3, 0.4) is 0 Å². The minimum atomic E-state index is -1.08. The summed E-state index contributed by atoms with van der Waals surface area (Å²) in [6, 6.07) is 3.00. The van der Waals surface area contributed by atoms with Crippen LogP contribution in [0.25, 0.3) is 21.8 Å². The summed E-state index contributed by atoms with van der Waals surface area (Å²) in [6.45, 7) is 0. The molecule has 0 fully saturated rings.